The van der Waals surface area contributed by atoms with Crippen LogP contribution in [0.1, 0.15) is 0 Å². The highest BCUT2D eigenvalue weighted by molar-refractivity contribution is 7.20. The van der Waals surface area contributed by atoms with Crippen molar-refractivity contribution in [3.63, 3.8) is 0 Å². The largest absolute Gasteiger partial charge is 0.456 e. The van der Waals surface area contributed by atoms with E-state index in [9.17, 15) is 0 Å². The van der Waals surface area contributed by atoms with Crippen LogP contribution in [-0.4, -0.2) is 25.3 Å². The van der Waals surface area contributed by atoms with Gasteiger partial charge < -0.3 is 18.0 Å². The summed E-state index contributed by atoms with van der Waals surface area (Å²) >= 11 is 0. The van der Waals surface area contributed by atoms with Gasteiger partial charge in [-0.1, -0.05) is 279 Å². The highest BCUT2D eigenvalue weighted by atomic mass is 28.3. The first kappa shape index (κ1) is 53.0. The van der Waals surface area contributed by atoms with Gasteiger partial charge in [-0.25, -0.2) is 0 Å². The van der Waals surface area contributed by atoms with Crippen LogP contribution in [0.5, 0.6) is 0 Å². The van der Waals surface area contributed by atoms with E-state index in [1.54, 1.807) is 0 Å². The van der Waals surface area contributed by atoms with Crippen LogP contribution in [0.15, 0.2) is 361 Å². The Labute approximate surface area is 523 Å². The van der Waals surface area contributed by atoms with E-state index < -0.39 is 16.1 Å². The van der Waals surface area contributed by atoms with Crippen LogP contribution >= 0.6 is 0 Å². The molecule has 14 aromatic carbocycles. The van der Waals surface area contributed by atoms with Crippen LogP contribution in [0.3, 0.4) is 0 Å². The quantitative estimate of drug-likeness (QED) is 0.101. The van der Waals surface area contributed by atoms with Crippen molar-refractivity contribution in [2.45, 2.75) is 0 Å². The van der Waals surface area contributed by atoms with Gasteiger partial charge in [0.05, 0.1) is 22.1 Å². The standard InChI is InChI=1S/C48H36OSi2.C36H22N2O/c1-7-19-37(20-8-1)50(38-21-9-2-10-22-38,39-23-11-3-12-24-39)43-31-33-47-45(35-43)46-36-44(32-34-48(46)49-47)51(40-25-13-4-14-26-40,41-27-15-5-16-28-41)42-29-17-6-18-30-42;1-5-13-31-25(9-1)26-10-2-6-14-32(26)37(31)23-17-19-35-29(21-23)30-22-24(18-20-36(30)39-35)38-33-15-7-3-11-27(33)28-12-4-8-16-34(28)38/h1-36H;1-22H. The van der Waals surface area contributed by atoms with E-state index in [0.717, 1.165) is 55.3 Å². The van der Waals surface area contributed by atoms with Gasteiger partial charge in [-0.3, -0.25) is 0 Å². The van der Waals surface area contributed by atoms with Crippen molar-refractivity contribution in [2.75, 3.05) is 0 Å². The summed E-state index contributed by atoms with van der Waals surface area (Å²) in [5.74, 6) is 0. The Bertz CT molecular complexity index is 5010. The van der Waals surface area contributed by atoms with Crippen molar-refractivity contribution in [1.82, 2.24) is 9.13 Å². The molecular formula is C84H58N2O2Si2. The molecule has 0 unspecified atom stereocenters. The minimum Gasteiger partial charge on any atom is -0.456 e. The van der Waals surface area contributed by atoms with Crippen LogP contribution in [0.4, 0.5) is 0 Å². The van der Waals surface area contributed by atoms with Crippen LogP contribution in [0, 0.1) is 0 Å². The van der Waals surface area contributed by atoms with Gasteiger partial charge in [-0.2, -0.15) is 0 Å². The number of furan rings is 2. The zero-order chi connectivity index (χ0) is 59.6. The molecule has 0 spiro atoms. The second kappa shape index (κ2) is 21.8. The minimum absolute atomic E-state index is 0.897. The molecule has 0 fully saturated rings. The Morgan fingerprint density at radius 3 is 0.667 bits per heavy atom. The molecule has 0 bridgehead atoms. The van der Waals surface area contributed by atoms with Crippen LogP contribution in [-0.2, 0) is 0 Å². The van der Waals surface area contributed by atoms with Gasteiger partial charge in [0, 0.05) is 54.5 Å². The van der Waals surface area contributed by atoms with Crippen molar-refractivity contribution in [2.24, 2.45) is 0 Å². The van der Waals surface area contributed by atoms with E-state index in [1.165, 1.54) is 85.1 Å². The fraction of sp³-hybridized carbons (Fsp3) is 0. The first-order valence-corrected chi connectivity index (χ1v) is 34.9. The second-order valence-corrected chi connectivity index (χ2v) is 31.0. The Morgan fingerprint density at radius 1 is 0.178 bits per heavy atom. The van der Waals surface area contributed by atoms with Crippen LogP contribution < -0.4 is 41.5 Å². The van der Waals surface area contributed by atoms with Crippen molar-refractivity contribution >= 4 is 145 Å². The van der Waals surface area contributed by atoms with Crippen molar-refractivity contribution in [3.05, 3.63) is 352 Å². The predicted octanol–water partition coefficient (Wildman–Crippen LogP) is 16.1. The maximum atomic E-state index is 6.65. The van der Waals surface area contributed by atoms with Gasteiger partial charge in [0.25, 0.3) is 0 Å². The number of aromatic nitrogens is 2. The Balaban J connectivity index is 0.000000143. The van der Waals surface area contributed by atoms with Crippen LogP contribution in [0.2, 0.25) is 0 Å². The fourth-order valence-corrected chi connectivity index (χ4v) is 24.3. The van der Waals surface area contributed by atoms with Gasteiger partial charge >= 0.3 is 0 Å². The number of hydrogen-bond donors (Lipinski definition) is 0. The highest BCUT2D eigenvalue weighted by Crippen LogP contribution is 2.38. The summed E-state index contributed by atoms with van der Waals surface area (Å²) in [6.07, 6.45) is 0. The predicted molar refractivity (Wildman–Crippen MR) is 383 cm³/mol. The number of fused-ring (bicyclic) bond motifs is 12. The number of rotatable bonds is 10. The average Bonchev–Trinajstić information content (AvgIpc) is 1.13. The smallest absolute Gasteiger partial charge is 0.179 e. The molecule has 4 aromatic heterocycles. The zero-order valence-electron chi connectivity index (χ0n) is 49.2. The first-order chi connectivity index (χ1) is 44.6. The molecule has 18 aromatic rings. The summed E-state index contributed by atoms with van der Waals surface area (Å²) < 4.78 is 17.7. The third-order valence-corrected chi connectivity index (χ3v) is 28.2. The lowest BCUT2D eigenvalue weighted by Gasteiger charge is -2.34. The molecule has 424 valence electrons. The Hall–Kier alpha value is -11.3. The summed E-state index contributed by atoms with van der Waals surface area (Å²) in [5, 5.41) is 20.4. The average molecular weight is 1180 g/mol. The first-order valence-electron chi connectivity index (χ1n) is 30.9. The molecule has 0 saturated carbocycles. The van der Waals surface area contributed by atoms with Gasteiger partial charge in [0.15, 0.2) is 16.1 Å². The van der Waals surface area contributed by atoms with Crippen molar-refractivity contribution < 1.29 is 8.83 Å². The molecular weight excluding hydrogens is 1130 g/mol. The van der Waals surface area contributed by atoms with Gasteiger partial charge in [0.1, 0.15) is 22.3 Å². The zero-order valence-corrected chi connectivity index (χ0v) is 51.2. The third-order valence-electron chi connectivity index (χ3n) is 18.7. The summed E-state index contributed by atoms with van der Waals surface area (Å²) in [6, 6.07) is 128. The monoisotopic (exact) mass is 1180 g/mol. The number of benzene rings is 14. The molecule has 4 heterocycles. The summed E-state index contributed by atoms with van der Waals surface area (Å²) in [7, 11) is -5.44. The normalized spacial score (nSPS) is 12.0. The summed E-state index contributed by atoms with van der Waals surface area (Å²) in [6.45, 7) is 0. The molecule has 0 aliphatic rings. The Kier molecular flexibility index (Phi) is 12.9. The van der Waals surface area contributed by atoms with Crippen LogP contribution in [0.25, 0.3) is 98.9 Å². The molecule has 6 heteroatoms. The van der Waals surface area contributed by atoms with E-state index in [4.69, 9.17) is 8.83 Å². The summed E-state index contributed by atoms with van der Waals surface area (Å²) in [4.78, 5) is 0. The minimum atomic E-state index is -2.72. The number of para-hydroxylation sites is 4. The van der Waals surface area contributed by atoms with Gasteiger partial charge in [-0.05, 0) is 114 Å². The lowest BCUT2D eigenvalue weighted by Crippen LogP contribution is -2.74. The molecule has 0 aliphatic carbocycles. The van der Waals surface area contributed by atoms with E-state index in [-0.39, 0.29) is 0 Å². The topological polar surface area (TPSA) is 36.1 Å². The highest BCUT2D eigenvalue weighted by Gasteiger charge is 2.43. The van der Waals surface area contributed by atoms with E-state index in [1.807, 2.05) is 0 Å². The molecule has 0 radical (unpaired) electrons. The molecule has 4 nitrogen and oxygen atoms in total. The lowest BCUT2D eigenvalue weighted by atomic mass is 10.1. The van der Waals surface area contributed by atoms with Crippen molar-refractivity contribution in [1.29, 1.82) is 0 Å². The van der Waals surface area contributed by atoms with Crippen molar-refractivity contribution in [3.8, 4) is 11.4 Å². The maximum Gasteiger partial charge on any atom is 0.179 e. The number of hydrogen-bond acceptors (Lipinski definition) is 2. The molecule has 18 rings (SSSR count). The molecule has 0 atom stereocenters. The molecule has 90 heavy (non-hydrogen) atoms. The third kappa shape index (κ3) is 8.41. The second-order valence-electron chi connectivity index (χ2n) is 23.4. The van der Waals surface area contributed by atoms with E-state index >= 15 is 0 Å². The molecule has 0 aliphatic heterocycles. The van der Waals surface area contributed by atoms with E-state index in [2.05, 4.69) is 361 Å². The van der Waals surface area contributed by atoms with Gasteiger partial charge in [0.2, 0.25) is 0 Å². The number of nitrogens with zero attached hydrogens (tertiary/aromatic N) is 2. The van der Waals surface area contributed by atoms with Gasteiger partial charge in [-0.15, -0.1) is 0 Å². The molecule has 0 saturated heterocycles. The Morgan fingerprint density at radius 2 is 0.400 bits per heavy atom. The van der Waals surface area contributed by atoms with E-state index in [0.29, 0.717) is 0 Å². The fourth-order valence-electron chi connectivity index (χ4n) is 14.8. The SMILES string of the molecule is c1ccc([Si](c2ccccc2)(c2ccccc2)c2ccc3oc4ccc([Si](c5ccccc5)(c5ccccc5)c5ccccc5)cc4c3c2)cc1.c1ccc2c(c1)c1ccccc1n2-c1ccc2oc3ccc(-n4c5ccccc5c5ccccc54)cc3c2c1. The molecule has 0 N–H and O–H groups in total. The summed E-state index contributed by atoms with van der Waals surface area (Å²) in [5.41, 5.74) is 10.7. The lowest BCUT2D eigenvalue weighted by molar-refractivity contribution is 0.668. The maximum absolute atomic E-state index is 6.65. The molecule has 0 amide bonds.